The Balaban J connectivity index is 2.03. The minimum absolute atomic E-state index is 0.195. The van der Waals surface area contributed by atoms with Gasteiger partial charge in [-0.25, -0.2) is 0 Å². The van der Waals surface area contributed by atoms with Crippen LogP contribution in [0.15, 0.2) is 48.0 Å². The lowest BCUT2D eigenvalue weighted by Crippen LogP contribution is -2.18. The molecule has 2 nitrogen and oxygen atoms in total. The SMILES string of the molecule is CCc1cccc(C(NC)c2cnc3ccsc3c2)c1. The van der Waals surface area contributed by atoms with E-state index in [1.165, 1.54) is 21.4 Å². The van der Waals surface area contributed by atoms with Gasteiger partial charge in [0.05, 0.1) is 16.3 Å². The molecule has 0 saturated carbocycles. The highest BCUT2D eigenvalue weighted by Gasteiger charge is 2.13. The van der Waals surface area contributed by atoms with Gasteiger partial charge in [0.2, 0.25) is 0 Å². The summed E-state index contributed by atoms with van der Waals surface area (Å²) in [6, 6.07) is 13.3. The molecule has 20 heavy (non-hydrogen) atoms. The van der Waals surface area contributed by atoms with E-state index >= 15 is 0 Å². The Bertz CT molecular complexity index is 718. The number of nitrogens with zero attached hydrogens (tertiary/aromatic N) is 1. The van der Waals surface area contributed by atoms with Gasteiger partial charge < -0.3 is 5.32 Å². The number of aryl methyl sites for hydroxylation is 1. The third kappa shape index (κ3) is 2.47. The van der Waals surface area contributed by atoms with Gasteiger partial charge in [-0.1, -0.05) is 31.2 Å². The van der Waals surface area contributed by atoms with Crippen LogP contribution >= 0.6 is 11.3 Å². The summed E-state index contributed by atoms with van der Waals surface area (Å²) in [6.07, 6.45) is 3.04. The highest BCUT2D eigenvalue weighted by Crippen LogP contribution is 2.27. The quantitative estimate of drug-likeness (QED) is 0.777. The number of hydrogen-bond donors (Lipinski definition) is 1. The average Bonchev–Trinajstić information content (AvgIpc) is 2.96. The summed E-state index contributed by atoms with van der Waals surface area (Å²) in [5, 5.41) is 5.50. The van der Waals surface area contributed by atoms with Gasteiger partial charge in [-0.15, -0.1) is 11.3 Å². The number of rotatable bonds is 4. The van der Waals surface area contributed by atoms with Crippen molar-refractivity contribution in [1.29, 1.82) is 0 Å². The van der Waals surface area contributed by atoms with Crippen LogP contribution in [-0.4, -0.2) is 12.0 Å². The van der Waals surface area contributed by atoms with Crippen LogP contribution in [0, 0.1) is 0 Å². The molecule has 3 rings (SSSR count). The molecule has 3 aromatic rings. The summed E-state index contributed by atoms with van der Waals surface area (Å²) in [5.41, 5.74) is 4.96. The van der Waals surface area contributed by atoms with E-state index in [-0.39, 0.29) is 6.04 Å². The number of benzene rings is 1. The second-order valence-electron chi connectivity index (χ2n) is 4.89. The van der Waals surface area contributed by atoms with Gasteiger partial charge >= 0.3 is 0 Å². The molecule has 0 aliphatic rings. The van der Waals surface area contributed by atoms with Crippen LogP contribution in [0.1, 0.15) is 29.7 Å². The number of fused-ring (bicyclic) bond motifs is 1. The zero-order chi connectivity index (χ0) is 13.9. The number of nitrogens with one attached hydrogen (secondary N) is 1. The Hall–Kier alpha value is -1.71. The van der Waals surface area contributed by atoms with Crippen LogP contribution in [0.5, 0.6) is 0 Å². The Morgan fingerprint density at radius 1 is 1.20 bits per heavy atom. The standard InChI is InChI=1S/C17H18N2S/c1-3-12-5-4-6-13(9-12)17(18-2)14-10-16-15(19-11-14)7-8-20-16/h4-11,17-18H,3H2,1-2H3. The first-order valence-corrected chi connectivity index (χ1v) is 7.79. The molecule has 1 N–H and O–H groups in total. The lowest BCUT2D eigenvalue weighted by atomic mass is 9.98. The van der Waals surface area contributed by atoms with Crippen LogP contribution in [-0.2, 0) is 6.42 Å². The number of thiophene rings is 1. The Kier molecular flexibility index (Phi) is 3.81. The second kappa shape index (κ2) is 5.73. The molecular weight excluding hydrogens is 264 g/mol. The van der Waals surface area contributed by atoms with Gasteiger partial charge in [0.25, 0.3) is 0 Å². The summed E-state index contributed by atoms with van der Waals surface area (Å²) < 4.78 is 1.24. The second-order valence-corrected chi connectivity index (χ2v) is 5.84. The van der Waals surface area contributed by atoms with E-state index in [9.17, 15) is 0 Å². The third-order valence-corrected chi connectivity index (χ3v) is 4.49. The van der Waals surface area contributed by atoms with E-state index in [0.29, 0.717) is 0 Å². The van der Waals surface area contributed by atoms with Crippen molar-refractivity contribution < 1.29 is 0 Å². The van der Waals surface area contributed by atoms with Gasteiger partial charge in [-0.3, -0.25) is 4.98 Å². The topological polar surface area (TPSA) is 24.9 Å². The zero-order valence-corrected chi connectivity index (χ0v) is 12.6. The van der Waals surface area contributed by atoms with Crippen LogP contribution in [0.2, 0.25) is 0 Å². The molecule has 0 saturated heterocycles. The van der Waals surface area contributed by atoms with Crippen LogP contribution < -0.4 is 5.32 Å². The van der Waals surface area contributed by atoms with Crippen molar-refractivity contribution in [3.05, 3.63) is 64.7 Å². The van der Waals surface area contributed by atoms with Gasteiger partial charge in [-0.2, -0.15) is 0 Å². The Morgan fingerprint density at radius 2 is 2.10 bits per heavy atom. The maximum Gasteiger partial charge on any atom is 0.0809 e. The normalized spacial score (nSPS) is 12.7. The summed E-state index contributed by atoms with van der Waals surface area (Å²) in [6.45, 7) is 2.19. The van der Waals surface area contributed by atoms with Gasteiger partial charge in [0.15, 0.2) is 0 Å². The lowest BCUT2D eigenvalue weighted by molar-refractivity contribution is 0.689. The fourth-order valence-corrected chi connectivity index (χ4v) is 3.33. The molecule has 2 aromatic heterocycles. The first-order chi connectivity index (χ1) is 9.81. The highest BCUT2D eigenvalue weighted by molar-refractivity contribution is 7.17. The summed E-state index contributed by atoms with van der Waals surface area (Å²) in [7, 11) is 2.00. The Labute approximate surface area is 123 Å². The van der Waals surface area contributed by atoms with Crippen molar-refractivity contribution in [2.75, 3.05) is 7.05 Å². The first kappa shape index (κ1) is 13.3. The van der Waals surface area contributed by atoms with E-state index in [1.54, 1.807) is 11.3 Å². The molecule has 2 heterocycles. The van der Waals surface area contributed by atoms with Crippen molar-refractivity contribution in [3.63, 3.8) is 0 Å². The molecule has 1 aromatic carbocycles. The third-order valence-electron chi connectivity index (χ3n) is 3.64. The largest absolute Gasteiger partial charge is 0.309 e. The molecule has 0 bridgehead atoms. The van der Waals surface area contributed by atoms with Crippen molar-refractivity contribution in [2.24, 2.45) is 0 Å². The van der Waals surface area contributed by atoms with E-state index in [2.05, 4.69) is 59.0 Å². The van der Waals surface area contributed by atoms with Gasteiger partial charge in [0, 0.05) is 6.20 Å². The number of pyridine rings is 1. The minimum atomic E-state index is 0.195. The fraction of sp³-hybridized carbons (Fsp3) is 0.235. The molecule has 1 unspecified atom stereocenters. The van der Waals surface area contributed by atoms with E-state index < -0.39 is 0 Å². The fourth-order valence-electron chi connectivity index (χ4n) is 2.54. The van der Waals surface area contributed by atoms with Crippen LogP contribution in [0.4, 0.5) is 0 Å². The van der Waals surface area contributed by atoms with Crippen LogP contribution in [0.3, 0.4) is 0 Å². The van der Waals surface area contributed by atoms with Gasteiger partial charge in [-0.05, 0) is 47.7 Å². The molecule has 0 aliphatic heterocycles. The smallest absolute Gasteiger partial charge is 0.0809 e. The molecule has 0 amide bonds. The number of aromatic nitrogens is 1. The number of hydrogen-bond acceptors (Lipinski definition) is 3. The highest BCUT2D eigenvalue weighted by atomic mass is 32.1. The predicted octanol–water partition coefficient (Wildman–Crippen LogP) is 4.17. The molecule has 0 fully saturated rings. The first-order valence-electron chi connectivity index (χ1n) is 6.91. The van der Waals surface area contributed by atoms with Crippen molar-refractivity contribution in [2.45, 2.75) is 19.4 Å². The van der Waals surface area contributed by atoms with Crippen molar-refractivity contribution >= 4 is 21.6 Å². The molecule has 3 heteroatoms. The van der Waals surface area contributed by atoms with Crippen molar-refractivity contribution in [3.8, 4) is 0 Å². The average molecular weight is 282 g/mol. The lowest BCUT2D eigenvalue weighted by Gasteiger charge is -2.17. The molecular formula is C17H18N2S. The van der Waals surface area contributed by atoms with E-state index in [0.717, 1.165) is 11.9 Å². The summed E-state index contributed by atoms with van der Waals surface area (Å²) >= 11 is 1.74. The summed E-state index contributed by atoms with van der Waals surface area (Å²) in [4.78, 5) is 4.55. The molecule has 102 valence electrons. The molecule has 1 atom stereocenters. The van der Waals surface area contributed by atoms with E-state index in [1.807, 2.05) is 13.2 Å². The maximum atomic E-state index is 4.55. The van der Waals surface area contributed by atoms with Crippen molar-refractivity contribution in [1.82, 2.24) is 10.3 Å². The maximum absolute atomic E-state index is 4.55. The molecule has 0 radical (unpaired) electrons. The predicted molar refractivity (Wildman–Crippen MR) is 86.3 cm³/mol. The minimum Gasteiger partial charge on any atom is -0.309 e. The molecule has 0 spiro atoms. The van der Waals surface area contributed by atoms with Gasteiger partial charge in [0.1, 0.15) is 0 Å². The summed E-state index contributed by atoms with van der Waals surface area (Å²) in [5.74, 6) is 0. The Morgan fingerprint density at radius 3 is 2.90 bits per heavy atom. The van der Waals surface area contributed by atoms with Crippen LogP contribution in [0.25, 0.3) is 10.2 Å². The zero-order valence-electron chi connectivity index (χ0n) is 11.8. The van der Waals surface area contributed by atoms with E-state index in [4.69, 9.17) is 0 Å². The molecule has 0 aliphatic carbocycles. The monoisotopic (exact) mass is 282 g/mol.